The smallest absolute Gasteiger partial charge is 0.124 e. The molecule has 0 aliphatic heterocycles. The van der Waals surface area contributed by atoms with Gasteiger partial charge in [-0.2, -0.15) is 5.10 Å². The van der Waals surface area contributed by atoms with Crippen LogP contribution in [0.1, 0.15) is 18.3 Å². The van der Waals surface area contributed by atoms with Gasteiger partial charge in [-0.15, -0.1) is 0 Å². The van der Waals surface area contributed by atoms with E-state index in [1.807, 2.05) is 13.0 Å². The fourth-order valence-electron chi connectivity index (χ4n) is 1.80. The van der Waals surface area contributed by atoms with E-state index < -0.39 is 16.6 Å². The molecule has 1 aromatic carbocycles. The quantitative estimate of drug-likeness (QED) is 0.872. The van der Waals surface area contributed by atoms with Gasteiger partial charge >= 0.3 is 0 Å². The summed E-state index contributed by atoms with van der Waals surface area (Å²) >= 11 is 0. The van der Waals surface area contributed by atoms with Gasteiger partial charge in [-0.05, 0) is 30.7 Å². The van der Waals surface area contributed by atoms with E-state index in [2.05, 4.69) is 5.10 Å². The summed E-state index contributed by atoms with van der Waals surface area (Å²) in [5, 5.41) is 4.29. The summed E-state index contributed by atoms with van der Waals surface area (Å²) in [4.78, 5) is 0.333. The van der Waals surface area contributed by atoms with E-state index in [1.54, 1.807) is 11.7 Å². The molecule has 1 atom stereocenters. The lowest BCUT2D eigenvalue weighted by Crippen LogP contribution is -2.05. The second-order valence-corrected chi connectivity index (χ2v) is 5.70. The molecular formula is C13H16FN3OS. The Bertz CT molecular complexity index is 624. The number of aromatic nitrogens is 2. The SMILES string of the molecule is CCc1cc(CS(=O)c2cc(F)ccc2N)n(C)n1. The van der Waals surface area contributed by atoms with Gasteiger partial charge in [0.15, 0.2) is 0 Å². The zero-order valence-electron chi connectivity index (χ0n) is 10.9. The van der Waals surface area contributed by atoms with Crippen LogP contribution in [-0.4, -0.2) is 14.0 Å². The van der Waals surface area contributed by atoms with Crippen molar-refractivity contribution in [2.75, 3.05) is 5.73 Å². The van der Waals surface area contributed by atoms with Crippen LogP contribution in [0.4, 0.5) is 10.1 Å². The summed E-state index contributed by atoms with van der Waals surface area (Å²) in [6.07, 6.45) is 0.822. The van der Waals surface area contributed by atoms with Crippen molar-refractivity contribution in [3.8, 4) is 0 Å². The molecule has 2 aromatic rings. The molecule has 0 bridgehead atoms. The van der Waals surface area contributed by atoms with Gasteiger partial charge < -0.3 is 5.73 Å². The molecule has 2 N–H and O–H groups in total. The number of nitrogen functional groups attached to an aromatic ring is 1. The highest BCUT2D eigenvalue weighted by Gasteiger charge is 2.13. The van der Waals surface area contributed by atoms with Crippen LogP contribution < -0.4 is 5.73 Å². The number of benzene rings is 1. The Hall–Kier alpha value is -1.69. The van der Waals surface area contributed by atoms with E-state index in [9.17, 15) is 8.60 Å². The number of nitrogens with zero attached hydrogens (tertiary/aromatic N) is 2. The maximum Gasteiger partial charge on any atom is 0.124 e. The second-order valence-electron chi connectivity index (χ2n) is 4.28. The minimum Gasteiger partial charge on any atom is -0.398 e. The molecule has 0 fully saturated rings. The van der Waals surface area contributed by atoms with Crippen LogP contribution >= 0.6 is 0 Å². The van der Waals surface area contributed by atoms with Crippen molar-refractivity contribution in [1.29, 1.82) is 0 Å². The Balaban J connectivity index is 2.25. The molecule has 1 heterocycles. The maximum atomic E-state index is 13.2. The van der Waals surface area contributed by atoms with Crippen LogP contribution in [0, 0.1) is 5.82 Å². The first kappa shape index (κ1) is 13.7. The topological polar surface area (TPSA) is 60.9 Å². The third kappa shape index (κ3) is 3.01. The molecule has 0 saturated carbocycles. The zero-order valence-corrected chi connectivity index (χ0v) is 11.7. The fourth-order valence-corrected chi connectivity index (χ4v) is 3.07. The van der Waals surface area contributed by atoms with Crippen molar-refractivity contribution < 1.29 is 8.60 Å². The molecule has 0 aliphatic rings. The Morgan fingerprint density at radius 3 is 2.79 bits per heavy atom. The third-order valence-electron chi connectivity index (χ3n) is 2.89. The van der Waals surface area contributed by atoms with Gasteiger partial charge in [0.25, 0.3) is 0 Å². The van der Waals surface area contributed by atoms with Crippen molar-refractivity contribution in [1.82, 2.24) is 9.78 Å². The molecule has 4 nitrogen and oxygen atoms in total. The first-order valence-electron chi connectivity index (χ1n) is 5.96. The summed E-state index contributed by atoms with van der Waals surface area (Å²) in [6.45, 7) is 2.01. The first-order chi connectivity index (χ1) is 9.01. The van der Waals surface area contributed by atoms with Crippen LogP contribution in [0.5, 0.6) is 0 Å². The van der Waals surface area contributed by atoms with Crippen molar-refractivity contribution in [2.24, 2.45) is 7.05 Å². The minimum atomic E-state index is -1.38. The van der Waals surface area contributed by atoms with Crippen molar-refractivity contribution in [3.05, 3.63) is 41.5 Å². The van der Waals surface area contributed by atoms with Gasteiger partial charge in [0.05, 0.1) is 32.8 Å². The largest absolute Gasteiger partial charge is 0.398 e. The van der Waals surface area contributed by atoms with E-state index in [0.717, 1.165) is 17.8 Å². The molecule has 19 heavy (non-hydrogen) atoms. The molecule has 1 unspecified atom stereocenters. The zero-order chi connectivity index (χ0) is 14.0. The number of anilines is 1. The monoisotopic (exact) mass is 281 g/mol. The number of hydrogen-bond donors (Lipinski definition) is 1. The van der Waals surface area contributed by atoms with Gasteiger partial charge in [-0.25, -0.2) is 4.39 Å². The lowest BCUT2D eigenvalue weighted by molar-refractivity contribution is 0.623. The standard InChI is InChI=1S/C13H16FN3OS/c1-3-10-7-11(17(2)16-10)8-19(18)13-6-9(14)4-5-12(13)15/h4-7H,3,8,15H2,1-2H3. The Morgan fingerprint density at radius 1 is 1.42 bits per heavy atom. The first-order valence-corrected chi connectivity index (χ1v) is 7.28. The lowest BCUT2D eigenvalue weighted by atomic mass is 10.3. The molecule has 0 radical (unpaired) electrons. The number of aryl methyl sites for hydroxylation is 2. The van der Waals surface area contributed by atoms with E-state index in [-0.39, 0.29) is 5.75 Å². The summed E-state index contributed by atoms with van der Waals surface area (Å²) in [6, 6.07) is 5.83. The Kier molecular flexibility index (Phi) is 3.99. The number of nitrogens with two attached hydrogens (primary N) is 1. The van der Waals surface area contributed by atoms with E-state index in [1.165, 1.54) is 18.2 Å². The van der Waals surface area contributed by atoms with Gasteiger partial charge in [-0.3, -0.25) is 8.89 Å². The number of rotatable bonds is 4. The second kappa shape index (κ2) is 5.52. The average molecular weight is 281 g/mol. The third-order valence-corrected chi connectivity index (χ3v) is 4.29. The van der Waals surface area contributed by atoms with Gasteiger partial charge in [-0.1, -0.05) is 6.92 Å². The predicted octanol–water partition coefficient (Wildman–Crippen LogP) is 2.01. The lowest BCUT2D eigenvalue weighted by Gasteiger charge is -2.06. The van der Waals surface area contributed by atoms with Crippen LogP contribution in [0.2, 0.25) is 0 Å². The van der Waals surface area contributed by atoms with E-state index >= 15 is 0 Å². The maximum absolute atomic E-state index is 13.2. The van der Waals surface area contributed by atoms with Crippen LogP contribution in [-0.2, 0) is 30.0 Å². The average Bonchev–Trinajstić information content (AvgIpc) is 2.73. The van der Waals surface area contributed by atoms with E-state index in [4.69, 9.17) is 5.73 Å². The summed E-state index contributed by atoms with van der Waals surface area (Å²) in [5.41, 5.74) is 7.87. The summed E-state index contributed by atoms with van der Waals surface area (Å²) in [5.74, 6) is -0.159. The molecule has 102 valence electrons. The van der Waals surface area contributed by atoms with Crippen molar-refractivity contribution >= 4 is 16.5 Å². The molecule has 1 aromatic heterocycles. The van der Waals surface area contributed by atoms with Crippen molar-refractivity contribution in [3.63, 3.8) is 0 Å². The van der Waals surface area contributed by atoms with Crippen LogP contribution in [0.3, 0.4) is 0 Å². The van der Waals surface area contributed by atoms with E-state index in [0.29, 0.717) is 10.6 Å². The molecule has 0 spiro atoms. The molecule has 0 amide bonds. The van der Waals surface area contributed by atoms with Crippen molar-refractivity contribution in [2.45, 2.75) is 24.0 Å². The Morgan fingerprint density at radius 2 is 2.16 bits per heavy atom. The fraction of sp³-hybridized carbons (Fsp3) is 0.308. The molecule has 6 heteroatoms. The normalized spacial score (nSPS) is 12.6. The summed E-state index contributed by atoms with van der Waals surface area (Å²) < 4.78 is 27.1. The minimum absolute atomic E-state index is 0.275. The molecule has 0 aliphatic carbocycles. The van der Waals surface area contributed by atoms with Gasteiger partial charge in [0.2, 0.25) is 0 Å². The van der Waals surface area contributed by atoms with Gasteiger partial charge in [0, 0.05) is 12.7 Å². The van der Waals surface area contributed by atoms with Gasteiger partial charge in [0.1, 0.15) is 5.82 Å². The number of halogens is 1. The molecular weight excluding hydrogens is 265 g/mol. The number of hydrogen-bond acceptors (Lipinski definition) is 3. The van der Waals surface area contributed by atoms with Crippen LogP contribution in [0.15, 0.2) is 29.2 Å². The highest BCUT2D eigenvalue weighted by molar-refractivity contribution is 7.84. The molecule has 2 rings (SSSR count). The predicted molar refractivity (Wildman–Crippen MR) is 73.5 cm³/mol. The highest BCUT2D eigenvalue weighted by atomic mass is 32.2. The molecule has 0 saturated heterocycles. The highest BCUT2D eigenvalue weighted by Crippen LogP contribution is 2.20. The van der Waals surface area contributed by atoms with Crippen LogP contribution in [0.25, 0.3) is 0 Å². The Labute approximate surface area is 113 Å². The summed E-state index contributed by atoms with van der Waals surface area (Å²) in [7, 11) is 0.425.